The largest absolute Gasteiger partial charge is 0.493 e. The van der Waals surface area contributed by atoms with Gasteiger partial charge in [0.15, 0.2) is 28.8 Å². The third-order valence-corrected chi connectivity index (χ3v) is 6.29. The number of hydrogen-bond acceptors (Lipinski definition) is 6. The number of ketones is 1. The third kappa shape index (κ3) is 3.57. The number of rotatable bonds is 5. The van der Waals surface area contributed by atoms with Gasteiger partial charge in [-0.2, -0.15) is 0 Å². The van der Waals surface area contributed by atoms with E-state index in [0.717, 1.165) is 16.8 Å². The molecule has 3 aliphatic rings. The molecule has 2 atom stereocenters. The van der Waals surface area contributed by atoms with Gasteiger partial charge in [0.05, 0.1) is 13.7 Å². The molecule has 2 unspecified atom stereocenters. The Morgan fingerprint density at radius 3 is 2.59 bits per heavy atom. The predicted octanol–water partition coefficient (Wildman–Crippen LogP) is 3.83. The summed E-state index contributed by atoms with van der Waals surface area (Å²) in [6.45, 7) is 2.65. The minimum atomic E-state index is -0.281. The molecule has 0 aromatic heterocycles. The van der Waals surface area contributed by atoms with E-state index in [1.165, 1.54) is 0 Å². The number of ether oxygens (including phenoxy) is 4. The van der Waals surface area contributed by atoms with Gasteiger partial charge in [-0.25, -0.2) is 0 Å². The number of methoxy groups -OCH3 is 1. The van der Waals surface area contributed by atoms with Crippen molar-refractivity contribution >= 4 is 11.7 Å². The lowest BCUT2D eigenvalue weighted by Crippen LogP contribution is -2.38. The first-order chi connectivity index (χ1) is 15.6. The molecule has 1 amide bonds. The molecule has 2 aliphatic heterocycles. The minimum absolute atomic E-state index is 0.0402. The van der Waals surface area contributed by atoms with Crippen molar-refractivity contribution in [2.75, 3.05) is 20.5 Å². The molecule has 0 saturated carbocycles. The first-order valence-corrected chi connectivity index (χ1v) is 10.8. The molecule has 0 fully saturated rings. The van der Waals surface area contributed by atoms with Crippen LogP contribution in [0.25, 0.3) is 0 Å². The van der Waals surface area contributed by atoms with Crippen LogP contribution in [0.15, 0.2) is 47.7 Å². The molecule has 2 aromatic carbocycles. The number of hydrogen-bond donors (Lipinski definition) is 1. The summed E-state index contributed by atoms with van der Waals surface area (Å²) in [5, 5.41) is 2.97. The number of nitrogens with one attached hydrogen (secondary N) is 1. The molecule has 2 aromatic rings. The van der Waals surface area contributed by atoms with E-state index in [2.05, 4.69) is 5.32 Å². The number of amides is 1. The van der Waals surface area contributed by atoms with Crippen LogP contribution < -0.4 is 24.3 Å². The number of allylic oxidation sites excluding steroid dienone is 2. The van der Waals surface area contributed by atoms with Crippen LogP contribution in [0.2, 0.25) is 0 Å². The Morgan fingerprint density at radius 1 is 0.969 bits per heavy atom. The lowest BCUT2D eigenvalue weighted by atomic mass is 9.73. The van der Waals surface area contributed by atoms with Crippen LogP contribution in [-0.2, 0) is 9.59 Å². The van der Waals surface area contributed by atoms with E-state index in [4.69, 9.17) is 18.9 Å². The van der Waals surface area contributed by atoms with Crippen molar-refractivity contribution in [1.82, 2.24) is 5.32 Å². The highest BCUT2D eigenvalue weighted by molar-refractivity contribution is 6.02. The topological polar surface area (TPSA) is 83.1 Å². The van der Waals surface area contributed by atoms with Crippen LogP contribution in [0.3, 0.4) is 0 Å². The van der Waals surface area contributed by atoms with Crippen LogP contribution in [0.5, 0.6) is 23.0 Å². The molecule has 32 heavy (non-hydrogen) atoms. The molecule has 7 nitrogen and oxygen atoms in total. The fourth-order valence-corrected chi connectivity index (χ4v) is 4.82. The second-order valence-corrected chi connectivity index (χ2v) is 8.18. The van der Waals surface area contributed by atoms with Crippen molar-refractivity contribution in [3.8, 4) is 23.0 Å². The van der Waals surface area contributed by atoms with E-state index in [1.807, 2.05) is 43.3 Å². The molecule has 5 rings (SSSR count). The maximum atomic E-state index is 13.3. The zero-order valence-electron chi connectivity index (χ0n) is 18.1. The summed E-state index contributed by atoms with van der Waals surface area (Å²) in [7, 11) is 1.60. The van der Waals surface area contributed by atoms with Crippen LogP contribution in [-0.4, -0.2) is 32.2 Å². The molecule has 0 bridgehead atoms. The average molecular weight is 435 g/mol. The lowest BCUT2D eigenvalue weighted by molar-refractivity contribution is -0.122. The predicted molar refractivity (Wildman–Crippen MR) is 116 cm³/mol. The van der Waals surface area contributed by atoms with Gasteiger partial charge in [-0.05, 0) is 54.7 Å². The summed E-state index contributed by atoms with van der Waals surface area (Å²) in [5.41, 5.74) is 3.31. The highest BCUT2D eigenvalue weighted by Crippen LogP contribution is 2.45. The monoisotopic (exact) mass is 435 g/mol. The zero-order valence-corrected chi connectivity index (χ0v) is 18.1. The minimum Gasteiger partial charge on any atom is -0.493 e. The summed E-state index contributed by atoms with van der Waals surface area (Å²) in [6.07, 6.45) is 1.21. The molecule has 0 saturated heterocycles. The van der Waals surface area contributed by atoms with Gasteiger partial charge in [0, 0.05) is 30.0 Å². The molecule has 2 heterocycles. The van der Waals surface area contributed by atoms with Gasteiger partial charge in [0.1, 0.15) is 0 Å². The highest BCUT2D eigenvalue weighted by Gasteiger charge is 2.38. The summed E-state index contributed by atoms with van der Waals surface area (Å²) in [5.74, 6) is 2.31. The second-order valence-electron chi connectivity index (χ2n) is 8.18. The van der Waals surface area contributed by atoms with E-state index < -0.39 is 0 Å². The fraction of sp³-hybridized carbons (Fsp3) is 0.360. The third-order valence-electron chi connectivity index (χ3n) is 6.29. The lowest BCUT2D eigenvalue weighted by Gasteiger charge is -2.34. The normalized spacial score (nSPS) is 21.8. The Labute approximate surface area is 186 Å². The summed E-state index contributed by atoms with van der Waals surface area (Å²) in [6, 6.07) is 11.4. The van der Waals surface area contributed by atoms with E-state index in [1.54, 1.807) is 7.11 Å². The molecular weight excluding hydrogens is 410 g/mol. The van der Waals surface area contributed by atoms with Crippen molar-refractivity contribution in [1.29, 1.82) is 0 Å². The number of Topliss-reactive ketones (excluding diaryl/α,β-unsaturated/α-hetero) is 1. The van der Waals surface area contributed by atoms with Crippen molar-refractivity contribution in [2.45, 2.75) is 38.0 Å². The summed E-state index contributed by atoms with van der Waals surface area (Å²) >= 11 is 0. The van der Waals surface area contributed by atoms with Crippen molar-refractivity contribution in [3.05, 3.63) is 58.8 Å². The molecule has 1 aliphatic carbocycles. The Hall–Kier alpha value is -3.48. The maximum absolute atomic E-state index is 13.3. The standard InChI is InChI=1S/C25H25NO6/c1-3-30-20-6-4-14(10-22(20)29-2)16-8-18-25(19(27)9-16)17(12-24(28)26-18)15-5-7-21-23(11-15)32-13-31-21/h4-7,10-11,16-17H,3,8-9,12-13H2,1-2H3,(H,26,28). The van der Waals surface area contributed by atoms with Gasteiger partial charge in [-0.1, -0.05) is 12.1 Å². The number of carbonyl (C=O) groups is 2. The molecule has 1 N–H and O–H groups in total. The Kier molecular flexibility index (Phi) is 5.25. The molecule has 0 spiro atoms. The van der Waals surface area contributed by atoms with Crippen LogP contribution in [0.4, 0.5) is 0 Å². The van der Waals surface area contributed by atoms with E-state index in [-0.39, 0.29) is 36.7 Å². The van der Waals surface area contributed by atoms with Gasteiger partial charge in [0.2, 0.25) is 12.7 Å². The van der Waals surface area contributed by atoms with Crippen LogP contribution in [0.1, 0.15) is 49.1 Å². The van der Waals surface area contributed by atoms with E-state index >= 15 is 0 Å². The SMILES string of the molecule is CCOc1ccc(C2CC(=O)C3=C(C2)NC(=O)CC3c2ccc3c(c2)OCO3)cc1OC. The Bertz CT molecular complexity index is 1120. The quantitative estimate of drug-likeness (QED) is 0.769. The van der Waals surface area contributed by atoms with Crippen LogP contribution in [0, 0.1) is 0 Å². The van der Waals surface area contributed by atoms with Crippen molar-refractivity contribution < 1.29 is 28.5 Å². The molecule has 166 valence electrons. The highest BCUT2D eigenvalue weighted by atomic mass is 16.7. The second kappa shape index (κ2) is 8.22. The number of carbonyl (C=O) groups excluding carboxylic acids is 2. The first-order valence-electron chi connectivity index (χ1n) is 10.8. The van der Waals surface area contributed by atoms with Gasteiger partial charge >= 0.3 is 0 Å². The smallest absolute Gasteiger partial charge is 0.231 e. The van der Waals surface area contributed by atoms with Gasteiger partial charge in [-0.3, -0.25) is 9.59 Å². The molecular formula is C25H25NO6. The maximum Gasteiger partial charge on any atom is 0.231 e. The Morgan fingerprint density at radius 2 is 1.78 bits per heavy atom. The summed E-state index contributed by atoms with van der Waals surface area (Å²) in [4.78, 5) is 25.9. The first kappa shape index (κ1) is 20.4. The van der Waals surface area contributed by atoms with Crippen LogP contribution >= 0.6 is 0 Å². The molecule has 7 heteroatoms. The average Bonchev–Trinajstić information content (AvgIpc) is 3.26. The van der Waals surface area contributed by atoms with E-state index in [0.29, 0.717) is 48.0 Å². The number of benzene rings is 2. The fourth-order valence-electron chi connectivity index (χ4n) is 4.82. The van der Waals surface area contributed by atoms with Gasteiger partial charge in [-0.15, -0.1) is 0 Å². The van der Waals surface area contributed by atoms with Gasteiger partial charge < -0.3 is 24.3 Å². The van der Waals surface area contributed by atoms with Crippen molar-refractivity contribution in [3.63, 3.8) is 0 Å². The Balaban J connectivity index is 1.47. The molecule has 0 radical (unpaired) electrons. The zero-order chi connectivity index (χ0) is 22.2. The number of fused-ring (bicyclic) bond motifs is 1. The van der Waals surface area contributed by atoms with Crippen molar-refractivity contribution in [2.24, 2.45) is 0 Å². The van der Waals surface area contributed by atoms with Gasteiger partial charge in [0.25, 0.3) is 0 Å². The summed E-state index contributed by atoms with van der Waals surface area (Å²) < 4.78 is 22.0. The van der Waals surface area contributed by atoms with E-state index in [9.17, 15) is 9.59 Å².